The van der Waals surface area contributed by atoms with Crippen molar-refractivity contribution >= 4 is 99.0 Å². The first-order valence-corrected chi connectivity index (χ1v) is 27.1. The summed E-state index contributed by atoms with van der Waals surface area (Å²) in [7, 11) is 0. The smallest absolute Gasteiger partial charge is 0.0625 e. The van der Waals surface area contributed by atoms with Crippen molar-refractivity contribution in [3.8, 4) is 39.1 Å². The van der Waals surface area contributed by atoms with Crippen LogP contribution in [0.1, 0.15) is 0 Å². The Balaban J connectivity index is 1.01. The molecule has 0 N–H and O–H groups in total. The molecule has 0 atom stereocenters. The molecule has 0 aliphatic heterocycles. The Morgan fingerprint density at radius 1 is 0.215 bits per heavy atom. The van der Waals surface area contributed by atoms with E-state index in [1.807, 2.05) is 0 Å². The Kier molecular flexibility index (Phi) is 11.2. The van der Waals surface area contributed by atoms with Gasteiger partial charge in [0.05, 0.1) is 11.0 Å². The summed E-state index contributed by atoms with van der Waals surface area (Å²) in [5.74, 6) is 0. The van der Waals surface area contributed by atoms with Gasteiger partial charge in [-0.1, -0.05) is 218 Å². The van der Waals surface area contributed by atoms with Gasteiger partial charge in [0.1, 0.15) is 0 Å². The fourth-order valence-electron chi connectivity index (χ4n) is 12.1. The van der Waals surface area contributed by atoms with Crippen LogP contribution in [0.2, 0.25) is 0 Å². The quantitative estimate of drug-likeness (QED) is 0.127. The summed E-state index contributed by atoms with van der Waals surface area (Å²) in [4.78, 5) is 4.87. The molecule has 0 aliphatic carbocycles. The van der Waals surface area contributed by atoms with Gasteiger partial charge in [0.15, 0.2) is 0 Å². The van der Waals surface area contributed by atoms with Crippen molar-refractivity contribution in [2.24, 2.45) is 0 Å². The van der Waals surface area contributed by atoms with Gasteiger partial charge in [0, 0.05) is 56.0 Å². The molecule has 15 aromatic rings. The number of benzene rings is 14. The Bertz CT molecular complexity index is 4570. The molecule has 3 heteroatoms. The molecule has 1 aromatic heterocycles. The average Bonchev–Trinajstić information content (AvgIpc) is 4.08. The highest BCUT2D eigenvalue weighted by Gasteiger charge is 2.23. The summed E-state index contributed by atoms with van der Waals surface area (Å²) in [5, 5.41) is 12.2. The molecule has 0 bridgehead atoms. The average molecular weight is 1010 g/mol. The van der Waals surface area contributed by atoms with Crippen LogP contribution in [0.15, 0.2) is 309 Å². The lowest BCUT2D eigenvalue weighted by Gasteiger charge is -2.31. The van der Waals surface area contributed by atoms with Gasteiger partial charge in [-0.3, -0.25) is 0 Å². The number of anilines is 6. The van der Waals surface area contributed by atoms with Gasteiger partial charge < -0.3 is 14.4 Å². The summed E-state index contributed by atoms with van der Waals surface area (Å²) in [6, 6.07) is 113. The summed E-state index contributed by atoms with van der Waals surface area (Å²) in [6.45, 7) is 0. The van der Waals surface area contributed by atoms with Crippen LogP contribution in [0.5, 0.6) is 0 Å². The minimum Gasteiger partial charge on any atom is -0.310 e. The van der Waals surface area contributed by atoms with E-state index >= 15 is 0 Å². The molecule has 15 rings (SSSR count). The maximum absolute atomic E-state index is 2.48. The van der Waals surface area contributed by atoms with Crippen molar-refractivity contribution in [2.45, 2.75) is 0 Å². The lowest BCUT2D eigenvalue weighted by atomic mass is 9.95. The fraction of sp³-hybridized carbons (Fsp3) is 0. The molecule has 1 heterocycles. The largest absolute Gasteiger partial charge is 0.310 e. The molecule has 14 aromatic carbocycles. The fourth-order valence-corrected chi connectivity index (χ4v) is 12.1. The van der Waals surface area contributed by atoms with Crippen LogP contribution in [0.3, 0.4) is 0 Å². The second kappa shape index (κ2) is 19.3. The first-order chi connectivity index (χ1) is 39.2. The zero-order chi connectivity index (χ0) is 52.2. The standard InChI is InChI=1S/C76H51N3/c1-4-18-52(19-5-1)56-32-39-63(40-33-56)77(65-43-36-54-22-10-12-24-58(54)46-65)67-48-61(49-68(51-67)78(66-44-37-55-23-11-13-25-59(55)47-66)64-41-34-57(35-42-64)53-20-6-2-7-21-53)60-38-45-74-73(50-60)75-71-30-16-14-28-69(71)70-29-15-17-31-72(70)76(75)79(74)62-26-8-3-9-27-62/h1-51H. The maximum Gasteiger partial charge on any atom is 0.0625 e. The minimum absolute atomic E-state index is 1.03. The number of aromatic nitrogens is 1. The van der Waals surface area contributed by atoms with Crippen LogP contribution in [0.25, 0.3) is 104 Å². The number of para-hydroxylation sites is 1. The van der Waals surface area contributed by atoms with Crippen molar-refractivity contribution in [1.29, 1.82) is 0 Å². The van der Waals surface area contributed by atoms with E-state index in [9.17, 15) is 0 Å². The molecule has 0 saturated heterocycles. The van der Waals surface area contributed by atoms with E-state index in [-0.39, 0.29) is 0 Å². The van der Waals surface area contributed by atoms with E-state index in [0.29, 0.717) is 0 Å². The highest BCUT2D eigenvalue weighted by molar-refractivity contribution is 6.32. The van der Waals surface area contributed by atoms with Crippen LogP contribution in [0.4, 0.5) is 34.1 Å². The highest BCUT2D eigenvalue weighted by atomic mass is 15.2. The van der Waals surface area contributed by atoms with Crippen LogP contribution in [-0.2, 0) is 0 Å². The van der Waals surface area contributed by atoms with Gasteiger partial charge >= 0.3 is 0 Å². The molecule has 0 spiro atoms. The third-order valence-corrected chi connectivity index (χ3v) is 15.9. The zero-order valence-corrected chi connectivity index (χ0v) is 43.3. The van der Waals surface area contributed by atoms with Gasteiger partial charge in [0.25, 0.3) is 0 Å². The summed E-state index contributed by atoms with van der Waals surface area (Å²) in [5.41, 5.74) is 16.7. The summed E-state index contributed by atoms with van der Waals surface area (Å²) < 4.78 is 2.48. The zero-order valence-electron chi connectivity index (χ0n) is 43.3. The predicted molar refractivity (Wildman–Crippen MR) is 336 cm³/mol. The molecular weight excluding hydrogens is 955 g/mol. The highest BCUT2D eigenvalue weighted by Crippen LogP contribution is 2.47. The van der Waals surface area contributed by atoms with Gasteiger partial charge in [-0.25, -0.2) is 0 Å². The molecule has 0 saturated carbocycles. The van der Waals surface area contributed by atoms with Gasteiger partial charge in [-0.05, 0) is 162 Å². The molecule has 3 nitrogen and oxygen atoms in total. The Morgan fingerprint density at radius 2 is 0.620 bits per heavy atom. The van der Waals surface area contributed by atoms with E-state index in [0.717, 1.165) is 56.5 Å². The van der Waals surface area contributed by atoms with Crippen LogP contribution >= 0.6 is 0 Å². The lowest BCUT2D eigenvalue weighted by molar-refractivity contribution is 1.19. The number of hydrogen-bond acceptors (Lipinski definition) is 2. The molecule has 0 unspecified atom stereocenters. The van der Waals surface area contributed by atoms with E-state index in [1.165, 1.54) is 81.6 Å². The van der Waals surface area contributed by atoms with E-state index in [1.54, 1.807) is 0 Å². The van der Waals surface area contributed by atoms with E-state index in [4.69, 9.17) is 0 Å². The second-order valence-corrected chi connectivity index (χ2v) is 20.5. The number of rotatable bonds is 10. The van der Waals surface area contributed by atoms with Gasteiger partial charge in [-0.2, -0.15) is 0 Å². The SMILES string of the molecule is c1ccc(-c2ccc(N(c3cc(-c4ccc5c(c4)c4c6ccccc6c6ccccc6c4n5-c4ccccc4)cc(N(c4ccc(-c5ccccc5)cc4)c4ccc5ccccc5c4)c3)c3ccc4ccccc4c3)cc2)cc1. The summed E-state index contributed by atoms with van der Waals surface area (Å²) in [6.07, 6.45) is 0. The lowest BCUT2D eigenvalue weighted by Crippen LogP contribution is -2.14. The molecular formula is C76H51N3. The van der Waals surface area contributed by atoms with Gasteiger partial charge in [-0.15, -0.1) is 0 Å². The molecule has 0 fully saturated rings. The molecule has 0 aliphatic rings. The maximum atomic E-state index is 2.48. The molecule has 0 amide bonds. The first kappa shape index (κ1) is 45.9. The third kappa shape index (κ3) is 8.16. The molecule has 79 heavy (non-hydrogen) atoms. The van der Waals surface area contributed by atoms with Crippen molar-refractivity contribution in [2.75, 3.05) is 9.80 Å². The second-order valence-electron chi connectivity index (χ2n) is 20.5. The topological polar surface area (TPSA) is 11.4 Å². The van der Waals surface area contributed by atoms with E-state index in [2.05, 4.69) is 324 Å². The van der Waals surface area contributed by atoms with Crippen molar-refractivity contribution in [3.63, 3.8) is 0 Å². The van der Waals surface area contributed by atoms with Gasteiger partial charge in [0.2, 0.25) is 0 Å². The molecule has 0 radical (unpaired) electrons. The number of fused-ring (bicyclic) bond motifs is 10. The monoisotopic (exact) mass is 1010 g/mol. The Labute approximate surface area is 459 Å². The van der Waals surface area contributed by atoms with E-state index < -0.39 is 0 Å². The third-order valence-electron chi connectivity index (χ3n) is 15.9. The van der Waals surface area contributed by atoms with Crippen molar-refractivity contribution in [1.82, 2.24) is 4.57 Å². The van der Waals surface area contributed by atoms with Crippen molar-refractivity contribution in [3.05, 3.63) is 309 Å². The van der Waals surface area contributed by atoms with Crippen molar-refractivity contribution < 1.29 is 0 Å². The van der Waals surface area contributed by atoms with Crippen LogP contribution < -0.4 is 9.80 Å². The summed E-state index contributed by atoms with van der Waals surface area (Å²) >= 11 is 0. The molecule has 370 valence electrons. The van der Waals surface area contributed by atoms with Crippen LogP contribution in [-0.4, -0.2) is 4.57 Å². The first-order valence-electron chi connectivity index (χ1n) is 27.1. The Morgan fingerprint density at radius 3 is 1.15 bits per heavy atom. The normalized spacial score (nSPS) is 11.5. The predicted octanol–water partition coefficient (Wildman–Crippen LogP) is 21.3. The van der Waals surface area contributed by atoms with Crippen LogP contribution in [0, 0.1) is 0 Å². The Hall–Kier alpha value is -10.5. The minimum atomic E-state index is 1.03. The number of hydrogen-bond donors (Lipinski definition) is 0. The number of nitrogens with zero attached hydrogens (tertiary/aromatic N) is 3.